The minimum atomic E-state index is -0.437. The van der Waals surface area contributed by atoms with Crippen LogP contribution in [0, 0.1) is 5.21 Å². The van der Waals surface area contributed by atoms with Crippen LogP contribution in [0.4, 0.5) is 0 Å². The van der Waals surface area contributed by atoms with E-state index >= 15 is 0 Å². The molecule has 0 aliphatic carbocycles. The van der Waals surface area contributed by atoms with Gasteiger partial charge in [-0.05, 0) is 0 Å². The number of nitrogens with zero attached hydrogens (tertiary/aromatic N) is 1. The molecule has 4 nitrogen and oxygen atoms in total. The van der Waals surface area contributed by atoms with Crippen molar-refractivity contribution in [3.63, 3.8) is 0 Å². The number of carbonyl (C=O) groups excluding carboxylic acids is 1. The predicted molar refractivity (Wildman–Crippen MR) is 42.4 cm³/mol. The van der Waals surface area contributed by atoms with E-state index in [1.807, 2.05) is 6.08 Å². The summed E-state index contributed by atoms with van der Waals surface area (Å²) in [5.74, 6) is 0.0396. The minimum absolute atomic E-state index is 0.415. The van der Waals surface area contributed by atoms with Gasteiger partial charge in [0.2, 0.25) is 5.82 Å². The van der Waals surface area contributed by atoms with E-state index in [0.717, 1.165) is 0 Å². The Hall–Kier alpha value is -1.39. The highest BCUT2D eigenvalue weighted by Crippen LogP contribution is 2.06. The van der Waals surface area contributed by atoms with Crippen molar-refractivity contribution in [2.45, 2.75) is 0 Å². The van der Waals surface area contributed by atoms with E-state index in [-0.39, 0.29) is 0 Å². The second-order valence-electron chi connectivity index (χ2n) is 2.64. The maximum absolute atomic E-state index is 11.2. The Morgan fingerprint density at radius 1 is 1.58 bits per heavy atom. The normalized spacial score (nSPS) is 27.1. The number of amides is 1. The van der Waals surface area contributed by atoms with Crippen molar-refractivity contribution in [3.05, 3.63) is 41.5 Å². The number of nitrogens with one attached hydrogen (secondary N) is 1. The summed E-state index contributed by atoms with van der Waals surface area (Å²) >= 11 is 0. The van der Waals surface area contributed by atoms with Crippen molar-refractivity contribution in [2.24, 2.45) is 0 Å². The smallest absolute Gasteiger partial charge is 0.344 e. The lowest BCUT2D eigenvalue weighted by Gasteiger charge is -2.32. The van der Waals surface area contributed by atoms with E-state index in [1.165, 1.54) is 6.08 Å². The number of carbonyl (C=O) groups is 1. The van der Waals surface area contributed by atoms with Crippen molar-refractivity contribution in [3.8, 4) is 0 Å². The molecule has 0 saturated heterocycles. The van der Waals surface area contributed by atoms with Gasteiger partial charge in [-0.25, -0.2) is 4.79 Å². The summed E-state index contributed by atoms with van der Waals surface area (Å²) in [6, 6.07) is 0. The number of hydroxylamine groups is 2. The second kappa shape index (κ2) is 2.58. The number of rotatable bonds is 0. The summed E-state index contributed by atoms with van der Waals surface area (Å²) in [7, 11) is 0. The van der Waals surface area contributed by atoms with Crippen LogP contribution in [-0.4, -0.2) is 17.4 Å². The molecular weight excluding hydrogens is 156 g/mol. The monoisotopic (exact) mass is 164 g/mol. The zero-order valence-corrected chi connectivity index (χ0v) is 6.36. The Balaban J connectivity index is 2.38. The van der Waals surface area contributed by atoms with Gasteiger partial charge in [0, 0.05) is 18.8 Å². The molecule has 12 heavy (non-hydrogen) atoms. The molecule has 0 aromatic heterocycles. The lowest BCUT2D eigenvalue weighted by atomic mass is 10.3. The van der Waals surface area contributed by atoms with Gasteiger partial charge >= 0.3 is 5.91 Å². The summed E-state index contributed by atoms with van der Waals surface area (Å²) in [6.07, 6.45) is 8.32. The zero-order chi connectivity index (χ0) is 8.55. The molecule has 0 spiro atoms. The van der Waals surface area contributed by atoms with Crippen molar-refractivity contribution >= 4 is 5.91 Å². The van der Waals surface area contributed by atoms with Crippen LogP contribution < -0.4 is 5.06 Å². The Kier molecular flexibility index (Phi) is 1.56. The predicted octanol–water partition coefficient (Wildman–Crippen LogP) is -0.864. The molecule has 1 N–H and O–H groups in total. The van der Waals surface area contributed by atoms with Gasteiger partial charge < -0.3 is 5.21 Å². The van der Waals surface area contributed by atoms with Crippen LogP contribution in [0.25, 0.3) is 0 Å². The summed E-state index contributed by atoms with van der Waals surface area (Å²) in [6.45, 7) is 0.668. The summed E-state index contributed by atoms with van der Waals surface area (Å²) in [5, 5.41) is 10.8. The van der Waals surface area contributed by atoms with Gasteiger partial charge in [0.1, 0.15) is 0 Å². The van der Waals surface area contributed by atoms with Crippen molar-refractivity contribution < 1.29 is 9.86 Å². The van der Waals surface area contributed by atoms with Gasteiger partial charge in [0.15, 0.2) is 0 Å². The molecule has 2 aliphatic heterocycles. The number of hydrogen-bond donors (Lipinski definition) is 1. The molecular formula is C8H8N2O2. The third kappa shape index (κ3) is 0.975. The van der Waals surface area contributed by atoms with Crippen LogP contribution in [0.3, 0.4) is 0 Å². The van der Waals surface area contributed by atoms with Crippen molar-refractivity contribution in [1.29, 1.82) is 0 Å². The summed E-state index contributed by atoms with van der Waals surface area (Å²) in [5.41, 5.74) is 0. The summed E-state index contributed by atoms with van der Waals surface area (Å²) < 4.78 is 0. The molecule has 0 bridgehead atoms. The second-order valence-corrected chi connectivity index (χ2v) is 2.64. The molecule has 0 radical (unpaired) electrons. The third-order valence-electron chi connectivity index (χ3n) is 1.86. The molecule has 4 heteroatoms. The van der Waals surface area contributed by atoms with Crippen LogP contribution in [0.1, 0.15) is 0 Å². The first-order valence-electron chi connectivity index (χ1n) is 3.69. The molecule has 2 aliphatic rings. The van der Waals surface area contributed by atoms with Crippen LogP contribution in [-0.2, 0) is 4.79 Å². The fraction of sp³-hybridized carbons (Fsp3) is 0.125. The van der Waals surface area contributed by atoms with E-state index in [0.29, 0.717) is 12.4 Å². The number of fused-ring (bicyclic) bond motifs is 1. The molecule has 2 rings (SSSR count). The maximum Gasteiger partial charge on any atom is 0.344 e. The van der Waals surface area contributed by atoms with Crippen LogP contribution in [0.5, 0.6) is 0 Å². The Morgan fingerprint density at radius 3 is 3.25 bits per heavy atom. The first-order valence-corrected chi connectivity index (χ1v) is 3.69. The van der Waals surface area contributed by atoms with Crippen molar-refractivity contribution in [1.82, 2.24) is 4.90 Å². The highest BCUT2D eigenvalue weighted by Gasteiger charge is 2.24. The van der Waals surface area contributed by atoms with Gasteiger partial charge in [-0.15, -0.1) is 0 Å². The van der Waals surface area contributed by atoms with Gasteiger partial charge in [-0.2, -0.15) is 0 Å². The lowest BCUT2D eigenvalue weighted by Crippen LogP contribution is -3.10. The number of hydrogen-bond acceptors (Lipinski definition) is 3. The Bertz CT molecular complexity index is 300. The Morgan fingerprint density at radius 2 is 2.42 bits per heavy atom. The Labute approximate surface area is 69.6 Å². The van der Waals surface area contributed by atoms with E-state index in [1.54, 1.807) is 23.3 Å². The lowest BCUT2D eigenvalue weighted by molar-refractivity contribution is -0.730. The zero-order valence-electron chi connectivity index (χ0n) is 6.36. The van der Waals surface area contributed by atoms with E-state index in [9.17, 15) is 10.0 Å². The fourth-order valence-electron chi connectivity index (χ4n) is 1.23. The molecule has 62 valence electrons. The van der Waals surface area contributed by atoms with E-state index in [2.05, 4.69) is 0 Å². The largest absolute Gasteiger partial charge is 0.620 e. The van der Waals surface area contributed by atoms with Crippen molar-refractivity contribution in [2.75, 3.05) is 6.54 Å². The van der Waals surface area contributed by atoms with Gasteiger partial charge in [0.05, 0.1) is 6.08 Å². The highest BCUT2D eigenvalue weighted by atomic mass is 16.5. The minimum Gasteiger partial charge on any atom is -0.620 e. The average Bonchev–Trinajstić information content (AvgIpc) is 2.12. The highest BCUT2D eigenvalue weighted by molar-refractivity contribution is 5.81. The van der Waals surface area contributed by atoms with E-state index in [4.69, 9.17) is 0 Å². The first-order chi connectivity index (χ1) is 5.79. The number of quaternary nitrogens is 1. The maximum atomic E-state index is 11.2. The topological polar surface area (TPSA) is 47.8 Å². The molecule has 0 aromatic rings. The van der Waals surface area contributed by atoms with Crippen LogP contribution >= 0.6 is 0 Å². The quantitative estimate of drug-likeness (QED) is 0.474. The standard InChI is InChI=1S/C8H8N2O2/c11-8-4-6-9-5-2-1-3-7(9)10(8)12/h1-4,6,10H,5H2. The molecule has 1 unspecified atom stereocenters. The molecule has 2 heterocycles. The van der Waals surface area contributed by atoms with Gasteiger partial charge in [-0.1, -0.05) is 12.2 Å². The number of allylic oxidation sites excluding steroid dienone is 2. The fourth-order valence-corrected chi connectivity index (χ4v) is 1.23. The average molecular weight is 164 g/mol. The van der Waals surface area contributed by atoms with Crippen LogP contribution in [0.15, 0.2) is 36.3 Å². The first kappa shape index (κ1) is 7.27. The third-order valence-corrected chi connectivity index (χ3v) is 1.86. The molecule has 1 amide bonds. The molecule has 0 fully saturated rings. The van der Waals surface area contributed by atoms with Crippen LogP contribution in [0.2, 0.25) is 0 Å². The van der Waals surface area contributed by atoms with Gasteiger partial charge in [-0.3, -0.25) is 9.96 Å². The molecule has 1 atom stereocenters. The molecule has 0 saturated carbocycles. The summed E-state index contributed by atoms with van der Waals surface area (Å²) in [4.78, 5) is 12.7. The molecule has 0 aromatic carbocycles. The van der Waals surface area contributed by atoms with Gasteiger partial charge in [0.25, 0.3) is 0 Å². The SMILES string of the molecule is O=C1C=CN2CC=CC=C2[NH+]1[O-]. The van der Waals surface area contributed by atoms with E-state index < -0.39 is 11.0 Å².